The molecule has 6 nitrogen and oxygen atoms in total. The molecule has 1 aliphatic carbocycles. The molecule has 0 spiro atoms. The summed E-state index contributed by atoms with van der Waals surface area (Å²) < 4.78 is 6.14. The predicted molar refractivity (Wildman–Crippen MR) is 113 cm³/mol. The van der Waals surface area contributed by atoms with Crippen LogP contribution in [0.4, 0.5) is 0 Å². The third-order valence-corrected chi connectivity index (χ3v) is 7.30. The number of amides is 1. The molecule has 156 valence electrons. The number of hydrogen-bond acceptors (Lipinski definition) is 3. The van der Waals surface area contributed by atoms with Gasteiger partial charge < -0.3 is 19.9 Å². The topological polar surface area (TPSA) is 57.2 Å². The minimum Gasteiger partial charge on any atom is -0.374 e. The van der Waals surface area contributed by atoms with Crippen LogP contribution in [-0.2, 0) is 22.4 Å². The van der Waals surface area contributed by atoms with Crippen LogP contribution >= 0.6 is 0 Å². The van der Waals surface area contributed by atoms with Gasteiger partial charge in [0.1, 0.15) is 6.54 Å². The summed E-state index contributed by atoms with van der Waals surface area (Å²) in [6.07, 6.45) is 6.50. The number of aryl methyl sites for hydroxylation is 1. The Labute approximate surface area is 173 Å². The van der Waals surface area contributed by atoms with Crippen LogP contribution in [0, 0.1) is 11.8 Å². The number of nitrogens with one attached hydrogen (secondary N) is 1. The van der Waals surface area contributed by atoms with E-state index in [9.17, 15) is 4.79 Å². The second kappa shape index (κ2) is 7.63. The molecule has 3 aliphatic heterocycles. The molecular weight excluding hydrogens is 364 g/mol. The van der Waals surface area contributed by atoms with E-state index in [-0.39, 0.29) is 12.5 Å². The molecule has 3 fully saturated rings. The van der Waals surface area contributed by atoms with Gasteiger partial charge >= 0.3 is 0 Å². The van der Waals surface area contributed by atoms with Gasteiger partial charge in [0.2, 0.25) is 5.91 Å². The molecule has 6 heteroatoms. The van der Waals surface area contributed by atoms with E-state index >= 15 is 0 Å². The van der Waals surface area contributed by atoms with E-state index in [0.29, 0.717) is 30.1 Å². The standard InChI is InChI=1S/C23H32N4O2/c1-26(2)22(28)12-24-23(25-17-8-7-15-5-3-4-6-16(15)11-17)27-13-18-19(14-27)21-10-9-20(18)29-21/h3-6,17-21H,7-14H2,1-2H3,(H,24,25). The molecule has 1 N–H and O–H groups in total. The average molecular weight is 397 g/mol. The van der Waals surface area contributed by atoms with E-state index in [2.05, 4.69) is 34.5 Å². The summed E-state index contributed by atoms with van der Waals surface area (Å²) in [4.78, 5) is 21.0. The number of likely N-dealkylation sites (tertiary alicyclic amines) is 1. The van der Waals surface area contributed by atoms with Crippen LogP contribution in [0.2, 0.25) is 0 Å². The molecular formula is C23H32N4O2. The summed E-state index contributed by atoms with van der Waals surface area (Å²) in [7, 11) is 3.58. The van der Waals surface area contributed by atoms with E-state index in [0.717, 1.165) is 38.3 Å². The number of aliphatic imine (C=N–C) groups is 1. The Bertz CT molecular complexity index is 790. The van der Waals surface area contributed by atoms with Gasteiger partial charge in [0.05, 0.1) is 12.2 Å². The Morgan fingerprint density at radius 2 is 1.83 bits per heavy atom. The highest BCUT2D eigenvalue weighted by Gasteiger charge is 2.53. The van der Waals surface area contributed by atoms with Gasteiger partial charge in [-0.05, 0) is 43.2 Å². The average Bonchev–Trinajstić information content (AvgIpc) is 3.44. The molecule has 1 amide bonds. The van der Waals surface area contributed by atoms with E-state index < -0.39 is 0 Å². The molecule has 4 aliphatic rings. The minimum absolute atomic E-state index is 0.0427. The van der Waals surface area contributed by atoms with E-state index in [1.807, 2.05) is 0 Å². The zero-order valence-corrected chi connectivity index (χ0v) is 17.5. The monoisotopic (exact) mass is 396 g/mol. The molecule has 3 heterocycles. The first-order valence-corrected chi connectivity index (χ1v) is 11.1. The quantitative estimate of drug-likeness (QED) is 0.624. The van der Waals surface area contributed by atoms with Crippen molar-refractivity contribution in [2.75, 3.05) is 33.7 Å². The van der Waals surface area contributed by atoms with Crippen molar-refractivity contribution in [2.24, 2.45) is 16.8 Å². The molecule has 29 heavy (non-hydrogen) atoms. The summed E-state index contributed by atoms with van der Waals surface area (Å²) in [6, 6.07) is 9.11. The molecule has 0 radical (unpaired) electrons. The van der Waals surface area contributed by atoms with Gasteiger partial charge in [0, 0.05) is 45.1 Å². The SMILES string of the molecule is CN(C)C(=O)CN=C(NC1CCc2ccccc2C1)N1CC2C3CCC(O3)C2C1. The summed E-state index contributed by atoms with van der Waals surface area (Å²) in [5.74, 6) is 2.20. The highest BCUT2D eigenvalue weighted by Crippen LogP contribution is 2.47. The minimum atomic E-state index is 0.0427. The Hall–Kier alpha value is -2.08. The lowest BCUT2D eigenvalue weighted by molar-refractivity contribution is -0.127. The zero-order valence-electron chi connectivity index (χ0n) is 17.5. The summed E-state index contributed by atoms with van der Waals surface area (Å²) in [5.41, 5.74) is 2.90. The summed E-state index contributed by atoms with van der Waals surface area (Å²) in [6.45, 7) is 2.20. The lowest BCUT2D eigenvalue weighted by Crippen LogP contribution is -2.48. The smallest absolute Gasteiger partial charge is 0.243 e. The summed E-state index contributed by atoms with van der Waals surface area (Å²) in [5, 5.41) is 3.74. The Balaban J connectivity index is 1.31. The van der Waals surface area contributed by atoms with Crippen molar-refractivity contribution >= 4 is 11.9 Å². The fraction of sp³-hybridized carbons (Fsp3) is 0.652. The van der Waals surface area contributed by atoms with E-state index in [4.69, 9.17) is 9.73 Å². The predicted octanol–water partition coefficient (Wildman–Crippen LogP) is 1.69. The molecule has 0 saturated carbocycles. The van der Waals surface area contributed by atoms with Crippen LogP contribution in [0.5, 0.6) is 0 Å². The van der Waals surface area contributed by atoms with E-state index in [1.54, 1.807) is 19.0 Å². The van der Waals surface area contributed by atoms with Gasteiger partial charge in [0.15, 0.2) is 5.96 Å². The maximum atomic E-state index is 12.2. The van der Waals surface area contributed by atoms with Gasteiger partial charge in [-0.3, -0.25) is 4.79 Å². The van der Waals surface area contributed by atoms with Crippen molar-refractivity contribution in [3.8, 4) is 0 Å². The third-order valence-electron chi connectivity index (χ3n) is 7.30. The Morgan fingerprint density at radius 1 is 1.14 bits per heavy atom. The first-order chi connectivity index (χ1) is 14.1. The van der Waals surface area contributed by atoms with E-state index in [1.165, 1.54) is 24.0 Å². The van der Waals surface area contributed by atoms with Gasteiger partial charge in [0.25, 0.3) is 0 Å². The van der Waals surface area contributed by atoms with Crippen molar-refractivity contribution in [3.63, 3.8) is 0 Å². The number of ether oxygens (including phenoxy) is 1. The maximum Gasteiger partial charge on any atom is 0.243 e. The molecule has 1 aromatic rings. The number of hydrogen-bond donors (Lipinski definition) is 1. The van der Waals surface area contributed by atoms with Crippen molar-refractivity contribution in [1.29, 1.82) is 0 Å². The van der Waals surface area contributed by atoms with Crippen LogP contribution in [0.1, 0.15) is 30.4 Å². The van der Waals surface area contributed by atoms with Crippen molar-refractivity contribution in [2.45, 2.75) is 50.4 Å². The maximum absolute atomic E-state index is 12.2. The van der Waals surface area contributed by atoms with Crippen molar-refractivity contribution in [3.05, 3.63) is 35.4 Å². The number of likely N-dealkylation sites (N-methyl/N-ethyl adjacent to an activating group) is 1. The van der Waals surface area contributed by atoms with Crippen LogP contribution in [-0.4, -0.2) is 73.6 Å². The first-order valence-electron chi connectivity index (χ1n) is 11.1. The van der Waals surface area contributed by atoms with Gasteiger partial charge in [-0.25, -0.2) is 4.99 Å². The second-order valence-corrected chi connectivity index (χ2v) is 9.30. The van der Waals surface area contributed by atoms with Gasteiger partial charge in [-0.1, -0.05) is 24.3 Å². The number of fused-ring (bicyclic) bond motifs is 6. The Morgan fingerprint density at radius 3 is 2.52 bits per heavy atom. The highest BCUT2D eigenvalue weighted by atomic mass is 16.5. The zero-order chi connectivity index (χ0) is 20.0. The number of carbonyl (C=O) groups excluding carboxylic acids is 1. The molecule has 1 aromatic carbocycles. The van der Waals surface area contributed by atoms with Crippen molar-refractivity contribution < 1.29 is 9.53 Å². The third kappa shape index (κ3) is 3.63. The van der Waals surface area contributed by atoms with Crippen LogP contribution in [0.3, 0.4) is 0 Å². The number of rotatable bonds is 3. The van der Waals surface area contributed by atoms with Crippen LogP contribution in [0.15, 0.2) is 29.3 Å². The molecule has 3 saturated heterocycles. The molecule has 5 unspecified atom stereocenters. The van der Waals surface area contributed by atoms with Crippen LogP contribution in [0.25, 0.3) is 0 Å². The normalized spacial score (nSPS) is 32.8. The lowest BCUT2D eigenvalue weighted by atomic mass is 9.82. The van der Waals surface area contributed by atoms with Gasteiger partial charge in [-0.2, -0.15) is 0 Å². The number of guanidine groups is 1. The number of benzene rings is 1. The lowest BCUT2D eigenvalue weighted by Gasteiger charge is -2.31. The highest BCUT2D eigenvalue weighted by molar-refractivity contribution is 5.85. The number of nitrogens with zero attached hydrogens (tertiary/aromatic N) is 3. The molecule has 0 aromatic heterocycles. The van der Waals surface area contributed by atoms with Crippen LogP contribution < -0.4 is 5.32 Å². The first kappa shape index (κ1) is 18.9. The summed E-state index contributed by atoms with van der Waals surface area (Å²) >= 11 is 0. The molecule has 2 bridgehead atoms. The molecule has 5 rings (SSSR count). The second-order valence-electron chi connectivity index (χ2n) is 9.30. The Kier molecular flexibility index (Phi) is 4.98. The number of carbonyl (C=O) groups is 1. The largest absolute Gasteiger partial charge is 0.374 e. The molecule has 5 atom stereocenters. The van der Waals surface area contributed by atoms with Gasteiger partial charge in [-0.15, -0.1) is 0 Å². The van der Waals surface area contributed by atoms with Crippen molar-refractivity contribution in [1.82, 2.24) is 15.1 Å². The fourth-order valence-electron chi connectivity index (χ4n) is 5.66. The fourth-order valence-corrected chi connectivity index (χ4v) is 5.66.